The van der Waals surface area contributed by atoms with Crippen molar-refractivity contribution >= 4 is 186 Å². The molecule has 10 heteroatoms. The number of thiophene rings is 4. The van der Waals surface area contributed by atoms with E-state index in [0.29, 0.717) is 5.46 Å². The van der Waals surface area contributed by atoms with E-state index in [0.717, 1.165) is 23.5 Å². The van der Waals surface area contributed by atoms with E-state index in [1.54, 1.807) is 17.4 Å². The average Bonchev–Trinajstić information content (AvgIpc) is 1.49. The highest BCUT2D eigenvalue weighted by atomic mass is 79.9. The number of hydrogen-bond acceptors (Lipinski definition) is 6. The molecule has 4 aromatic heterocycles. The summed E-state index contributed by atoms with van der Waals surface area (Å²) in [6, 6.07) is 104. The number of benzene rings is 16. The predicted molar refractivity (Wildman–Crippen MR) is 557 cm³/mol. The maximum Gasteiger partial charge on any atom is 0.489 e. The smallest absolute Gasteiger partial charge is 0.423 e. The van der Waals surface area contributed by atoms with Crippen LogP contribution >= 0.6 is 93.1 Å². The molecule has 0 atom stereocenters. The lowest BCUT2D eigenvalue weighted by molar-refractivity contribution is 0.426. The van der Waals surface area contributed by atoms with Gasteiger partial charge >= 0.3 is 7.12 Å². The zero-order valence-electron chi connectivity index (χ0n) is 72.8. The molecule has 0 saturated carbocycles. The number of hydrogen-bond donors (Lipinski definition) is 2. The molecule has 6 aliphatic carbocycles. The summed E-state index contributed by atoms with van der Waals surface area (Å²) in [6.45, 7) is 33.6. The standard InChI is InChI=1S/C69H48S3.C33H27Br3.C12H9BO2S.C2H6/c1-67(2)52-31-28-37(40-19-13-22-46-43-16-7-10-25-55(43)70-64(40)46)34-49(52)58-61(67)59-50-35-38(41-20-14-23-47-44-17-8-11-26-56(44)71-65(41)47)29-32-53(50)68(3,4)63(59)60-51-36-39(30-33-54(51)69(5,6)62(58)60)42-21-15-24-48-45-18-9-12-27-57(45)72-66(42)48;1-31(2)22-10-7-16(34)13-19(22)25-28(31)26-20-14-17(35)8-11-23(20)32(3,4)30(26)27-21-15-18(36)9-12-24(21)33(5,6)29(25)27;14-13(15)10-6-3-5-9-8-4-1-2-7-11(8)16-12(9)10;1-2/h7-36H,1-6H3;7-15H,1-6H3;1-7,14-15H;1-2H3. The molecule has 614 valence electrons. The Morgan fingerprint density at radius 1 is 0.222 bits per heavy atom. The molecule has 2 N–H and O–H groups in total. The van der Waals surface area contributed by atoms with Gasteiger partial charge in [-0.2, -0.15) is 0 Å². The highest BCUT2D eigenvalue weighted by Gasteiger charge is 2.55. The topological polar surface area (TPSA) is 40.5 Å². The van der Waals surface area contributed by atoms with E-state index in [1.165, 1.54) is 238 Å². The Kier molecular flexibility index (Phi) is 18.1. The first-order valence-electron chi connectivity index (χ1n) is 44.0. The highest BCUT2D eigenvalue weighted by Crippen LogP contribution is 2.71. The van der Waals surface area contributed by atoms with Crippen molar-refractivity contribution in [3.8, 4) is 100 Å². The van der Waals surface area contributed by atoms with Gasteiger partial charge in [0.25, 0.3) is 0 Å². The fourth-order valence-corrected chi connectivity index (χ4v) is 29.8. The molecule has 0 aliphatic heterocycles. The molecule has 16 aromatic carbocycles. The summed E-state index contributed by atoms with van der Waals surface area (Å²) in [4.78, 5) is 0. The van der Waals surface area contributed by atoms with Gasteiger partial charge in [0.05, 0.1) is 0 Å². The molecule has 4 heterocycles. The minimum Gasteiger partial charge on any atom is -0.423 e. The van der Waals surface area contributed by atoms with Crippen LogP contribution in [0.2, 0.25) is 0 Å². The first-order chi connectivity index (χ1) is 60.6. The Hall–Kier alpha value is -10.2. The fraction of sp³-hybridized carbons (Fsp3) is 0.172. The van der Waals surface area contributed by atoms with Crippen LogP contribution in [-0.2, 0) is 32.5 Å². The van der Waals surface area contributed by atoms with E-state index in [1.807, 2.05) is 78.2 Å². The fourth-order valence-electron chi connectivity index (χ4n) is 23.8. The molecular formula is C116H90BBr3O2S4. The van der Waals surface area contributed by atoms with E-state index in [4.69, 9.17) is 0 Å². The molecule has 0 saturated heterocycles. The summed E-state index contributed by atoms with van der Waals surface area (Å²) in [5.41, 5.74) is 41.8. The molecule has 0 bridgehead atoms. The van der Waals surface area contributed by atoms with Crippen LogP contribution < -0.4 is 5.46 Å². The van der Waals surface area contributed by atoms with Gasteiger partial charge in [-0.05, 0) is 257 Å². The van der Waals surface area contributed by atoms with Crippen molar-refractivity contribution in [2.75, 3.05) is 0 Å². The molecule has 0 amide bonds. The third kappa shape index (κ3) is 11.2. The average molecular weight is 1890 g/mol. The van der Waals surface area contributed by atoms with E-state index in [9.17, 15) is 10.0 Å². The van der Waals surface area contributed by atoms with Gasteiger partial charge in [0, 0.05) is 121 Å². The zero-order chi connectivity index (χ0) is 86.8. The van der Waals surface area contributed by atoms with E-state index >= 15 is 0 Å². The maximum absolute atomic E-state index is 9.31. The Morgan fingerprint density at radius 2 is 0.437 bits per heavy atom. The van der Waals surface area contributed by atoms with Gasteiger partial charge in [0.1, 0.15) is 0 Å². The third-order valence-electron chi connectivity index (χ3n) is 29.3. The van der Waals surface area contributed by atoms with Gasteiger partial charge in [0.2, 0.25) is 0 Å². The SMILES string of the molecule is CC.CC1(C)c2ccc(-c3cccc4c3sc3ccccc34)cc2-c2c1c1c(c3c2C(C)(C)c2ccc(-c4cccc5c4sc4ccccc45)cc2-3)C(C)(C)c2ccc(-c3cccc4c3sc3ccccc34)cc2-1.CC1(C)c2ccc(Br)cc2-c2c1c1c(c3c2C(C)(C)c2ccc(Br)cc2-3)C(C)(C)c2ccc(Br)cc2-1.OB(O)c1cccc2c1sc1ccccc12. The second kappa shape index (κ2) is 28.4. The van der Waals surface area contributed by atoms with Crippen molar-refractivity contribution < 1.29 is 10.0 Å². The Morgan fingerprint density at radius 3 is 0.698 bits per heavy atom. The minimum atomic E-state index is -1.41. The van der Waals surface area contributed by atoms with Gasteiger partial charge in [-0.15, -0.1) is 45.3 Å². The van der Waals surface area contributed by atoms with Gasteiger partial charge in [-0.3, -0.25) is 0 Å². The Balaban J connectivity index is 0.000000139. The lowest BCUT2D eigenvalue weighted by Gasteiger charge is -2.31. The molecule has 0 fully saturated rings. The van der Waals surface area contributed by atoms with Gasteiger partial charge in [-0.1, -0.05) is 345 Å². The highest BCUT2D eigenvalue weighted by molar-refractivity contribution is 9.11. The summed E-state index contributed by atoms with van der Waals surface area (Å²) >= 11 is 18.8. The van der Waals surface area contributed by atoms with Crippen molar-refractivity contribution in [2.24, 2.45) is 0 Å². The summed E-state index contributed by atoms with van der Waals surface area (Å²) in [5, 5.41) is 28.9. The van der Waals surface area contributed by atoms with Gasteiger partial charge in [-0.25, -0.2) is 0 Å². The number of fused-ring (bicyclic) bond motifs is 36. The monoisotopic (exact) mass is 1890 g/mol. The zero-order valence-corrected chi connectivity index (χ0v) is 80.8. The van der Waals surface area contributed by atoms with Crippen LogP contribution in [0.25, 0.3) is 181 Å². The maximum atomic E-state index is 9.31. The van der Waals surface area contributed by atoms with Gasteiger partial charge < -0.3 is 10.0 Å². The normalized spacial score (nSPS) is 15.5. The minimum absolute atomic E-state index is 0.101. The molecule has 0 spiro atoms. The molecule has 26 rings (SSSR count). The molecule has 2 nitrogen and oxygen atoms in total. The van der Waals surface area contributed by atoms with E-state index < -0.39 is 7.12 Å². The molecule has 126 heavy (non-hydrogen) atoms. The van der Waals surface area contributed by atoms with Crippen molar-refractivity contribution in [1.82, 2.24) is 0 Å². The van der Waals surface area contributed by atoms with E-state index in [-0.39, 0.29) is 32.5 Å². The molecule has 20 aromatic rings. The Labute approximate surface area is 777 Å². The van der Waals surface area contributed by atoms with Crippen molar-refractivity contribution in [3.05, 3.63) is 359 Å². The number of halogens is 3. The molecular weight excluding hydrogens is 1800 g/mol. The van der Waals surface area contributed by atoms with Crippen LogP contribution in [0.15, 0.2) is 292 Å². The van der Waals surface area contributed by atoms with Crippen LogP contribution in [-0.4, -0.2) is 17.2 Å². The summed E-state index contributed by atoms with van der Waals surface area (Å²) < 4.78 is 13.6. The Bertz CT molecular complexity index is 7510. The lowest BCUT2D eigenvalue weighted by Crippen LogP contribution is -2.29. The molecule has 0 unspecified atom stereocenters. The molecule has 0 radical (unpaired) electrons. The van der Waals surface area contributed by atoms with Crippen LogP contribution in [0.3, 0.4) is 0 Å². The third-order valence-corrected chi connectivity index (χ3v) is 35.6. The predicted octanol–water partition coefficient (Wildman–Crippen LogP) is 34.4. The van der Waals surface area contributed by atoms with Crippen molar-refractivity contribution in [2.45, 2.75) is 129 Å². The first-order valence-corrected chi connectivity index (χ1v) is 49.6. The van der Waals surface area contributed by atoms with Crippen molar-refractivity contribution in [1.29, 1.82) is 0 Å². The van der Waals surface area contributed by atoms with E-state index in [2.05, 4.69) is 374 Å². The summed E-state index contributed by atoms with van der Waals surface area (Å²) in [5.74, 6) is 0. The van der Waals surface area contributed by atoms with Crippen LogP contribution in [0.1, 0.15) is 164 Å². The summed E-state index contributed by atoms with van der Waals surface area (Å²) in [7, 11) is -1.41. The van der Waals surface area contributed by atoms with Crippen LogP contribution in [0.5, 0.6) is 0 Å². The van der Waals surface area contributed by atoms with Crippen molar-refractivity contribution in [3.63, 3.8) is 0 Å². The quantitative estimate of drug-likeness (QED) is 0.172. The van der Waals surface area contributed by atoms with Crippen LogP contribution in [0, 0.1) is 0 Å². The summed E-state index contributed by atoms with van der Waals surface area (Å²) in [6.07, 6.45) is 0. The second-order valence-electron chi connectivity index (χ2n) is 38.1. The second-order valence-corrected chi connectivity index (χ2v) is 45.1. The van der Waals surface area contributed by atoms with Gasteiger partial charge in [0.15, 0.2) is 0 Å². The largest absolute Gasteiger partial charge is 0.489 e. The number of rotatable bonds is 4. The molecule has 6 aliphatic rings. The first kappa shape index (κ1) is 80.4. The lowest BCUT2D eigenvalue weighted by atomic mass is 9.71. The van der Waals surface area contributed by atoms with Crippen LogP contribution in [0.4, 0.5) is 0 Å².